The SMILES string of the molecule is CN(Cc1cscn1)S(=O)(=O)CCCNC1CC1. The average Bonchev–Trinajstić information content (AvgIpc) is 3.01. The highest BCUT2D eigenvalue weighted by Crippen LogP contribution is 2.18. The maximum atomic E-state index is 12.0. The van der Waals surface area contributed by atoms with Crippen LogP contribution in [0.1, 0.15) is 25.0 Å². The molecule has 1 aliphatic rings. The lowest BCUT2D eigenvalue weighted by Gasteiger charge is -2.16. The number of hydrogen-bond acceptors (Lipinski definition) is 5. The fourth-order valence-electron chi connectivity index (χ4n) is 1.65. The summed E-state index contributed by atoms with van der Waals surface area (Å²) in [5, 5.41) is 5.20. The van der Waals surface area contributed by atoms with Gasteiger partial charge in [-0.2, -0.15) is 4.31 Å². The van der Waals surface area contributed by atoms with Gasteiger partial charge in [0.15, 0.2) is 0 Å². The molecule has 0 aromatic carbocycles. The van der Waals surface area contributed by atoms with Crippen LogP contribution in [0.5, 0.6) is 0 Å². The summed E-state index contributed by atoms with van der Waals surface area (Å²) in [6, 6.07) is 0.639. The van der Waals surface area contributed by atoms with Gasteiger partial charge in [0, 0.05) is 18.5 Å². The lowest BCUT2D eigenvalue weighted by Crippen LogP contribution is -2.30. The van der Waals surface area contributed by atoms with Gasteiger partial charge in [0.05, 0.1) is 23.5 Å². The fraction of sp³-hybridized carbons (Fsp3) is 0.727. The first-order valence-corrected chi connectivity index (χ1v) is 8.67. The number of nitrogens with one attached hydrogen (secondary N) is 1. The van der Waals surface area contributed by atoms with Gasteiger partial charge >= 0.3 is 0 Å². The van der Waals surface area contributed by atoms with Crippen LogP contribution in [0, 0.1) is 0 Å². The van der Waals surface area contributed by atoms with E-state index in [0.29, 0.717) is 19.0 Å². The van der Waals surface area contributed by atoms with Crippen molar-refractivity contribution in [3.63, 3.8) is 0 Å². The molecule has 7 heteroatoms. The number of thiazole rings is 1. The molecule has 1 aromatic rings. The predicted molar refractivity (Wildman–Crippen MR) is 73.0 cm³/mol. The lowest BCUT2D eigenvalue weighted by atomic mass is 10.5. The molecule has 1 aromatic heterocycles. The van der Waals surface area contributed by atoms with Crippen LogP contribution in [0.4, 0.5) is 0 Å². The second-order valence-corrected chi connectivity index (χ2v) is 7.55. The second kappa shape index (κ2) is 6.10. The van der Waals surface area contributed by atoms with E-state index in [1.54, 1.807) is 12.6 Å². The molecule has 0 aliphatic heterocycles. The van der Waals surface area contributed by atoms with Gasteiger partial charge in [-0.05, 0) is 25.8 Å². The molecule has 18 heavy (non-hydrogen) atoms. The molecule has 5 nitrogen and oxygen atoms in total. The van der Waals surface area contributed by atoms with E-state index in [1.165, 1.54) is 28.5 Å². The molecular formula is C11H19N3O2S2. The van der Waals surface area contributed by atoms with Crippen molar-refractivity contribution in [1.29, 1.82) is 0 Å². The van der Waals surface area contributed by atoms with Gasteiger partial charge in [-0.1, -0.05) is 0 Å². The Labute approximate surface area is 112 Å². The Hall–Kier alpha value is -0.500. The van der Waals surface area contributed by atoms with Gasteiger partial charge in [0.2, 0.25) is 10.0 Å². The monoisotopic (exact) mass is 289 g/mol. The number of rotatable bonds is 8. The van der Waals surface area contributed by atoms with Gasteiger partial charge in [-0.3, -0.25) is 0 Å². The largest absolute Gasteiger partial charge is 0.314 e. The Morgan fingerprint density at radius 3 is 2.94 bits per heavy atom. The Bertz CT molecular complexity index is 455. The van der Waals surface area contributed by atoms with Crippen LogP contribution in [0.3, 0.4) is 0 Å². The minimum Gasteiger partial charge on any atom is -0.314 e. The minimum atomic E-state index is -3.16. The van der Waals surface area contributed by atoms with Crippen molar-refractivity contribution in [2.24, 2.45) is 0 Å². The van der Waals surface area contributed by atoms with Gasteiger partial charge in [0.1, 0.15) is 0 Å². The van der Waals surface area contributed by atoms with E-state index in [4.69, 9.17) is 0 Å². The molecular weight excluding hydrogens is 270 g/mol. The van der Waals surface area contributed by atoms with E-state index in [2.05, 4.69) is 10.3 Å². The molecule has 2 rings (SSSR count). The summed E-state index contributed by atoms with van der Waals surface area (Å²) in [6.45, 7) is 1.15. The van der Waals surface area contributed by atoms with Crippen molar-refractivity contribution in [2.75, 3.05) is 19.3 Å². The van der Waals surface area contributed by atoms with E-state index in [0.717, 1.165) is 12.2 Å². The molecule has 0 spiro atoms. The summed E-state index contributed by atoms with van der Waals surface area (Å²) >= 11 is 1.48. The fourth-order valence-corrected chi connectivity index (χ4v) is 3.35. The Balaban J connectivity index is 1.73. The highest BCUT2D eigenvalue weighted by molar-refractivity contribution is 7.89. The van der Waals surface area contributed by atoms with E-state index in [1.807, 2.05) is 5.38 Å². The molecule has 0 bridgehead atoms. The zero-order valence-electron chi connectivity index (χ0n) is 10.5. The molecule has 0 radical (unpaired) electrons. The third kappa shape index (κ3) is 4.31. The van der Waals surface area contributed by atoms with E-state index in [9.17, 15) is 8.42 Å². The first-order valence-electron chi connectivity index (χ1n) is 6.12. The van der Waals surface area contributed by atoms with Crippen molar-refractivity contribution in [3.05, 3.63) is 16.6 Å². The second-order valence-electron chi connectivity index (χ2n) is 4.63. The van der Waals surface area contributed by atoms with Crippen molar-refractivity contribution in [1.82, 2.24) is 14.6 Å². The Morgan fingerprint density at radius 1 is 1.56 bits per heavy atom. The van der Waals surface area contributed by atoms with Crippen LogP contribution in [-0.4, -0.2) is 43.1 Å². The summed E-state index contributed by atoms with van der Waals surface area (Å²) < 4.78 is 25.4. The van der Waals surface area contributed by atoms with E-state index < -0.39 is 10.0 Å². The van der Waals surface area contributed by atoms with E-state index >= 15 is 0 Å². The van der Waals surface area contributed by atoms with Crippen molar-refractivity contribution >= 4 is 21.4 Å². The normalized spacial score (nSPS) is 16.3. The summed E-state index contributed by atoms with van der Waals surface area (Å²) in [6.07, 6.45) is 3.13. The highest BCUT2D eigenvalue weighted by Gasteiger charge is 2.21. The lowest BCUT2D eigenvalue weighted by molar-refractivity contribution is 0.460. The van der Waals surface area contributed by atoms with Crippen LogP contribution >= 0.6 is 11.3 Å². The zero-order valence-corrected chi connectivity index (χ0v) is 12.1. The first-order chi connectivity index (χ1) is 8.58. The third-order valence-electron chi connectivity index (χ3n) is 2.93. The topological polar surface area (TPSA) is 62.3 Å². The molecule has 1 heterocycles. The zero-order chi connectivity index (χ0) is 13.0. The molecule has 1 aliphatic carbocycles. The number of aromatic nitrogens is 1. The summed E-state index contributed by atoms with van der Waals surface area (Å²) in [5.41, 5.74) is 2.53. The molecule has 1 fully saturated rings. The van der Waals surface area contributed by atoms with E-state index in [-0.39, 0.29) is 5.75 Å². The quantitative estimate of drug-likeness (QED) is 0.727. The maximum absolute atomic E-state index is 12.0. The van der Waals surface area contributed by atoms with Crippen LogP contribution in [0.25, 0.3) is 0 Å². The highest BCUT2D eigenvalue weighted by atomic mass is 32.2. The summed E-state index contributed by atoms with van der Waals surface area (Å²) in [4.78, 5) is 4.10. The predicted octanol–water partition coefficient (Wildman–Crippen LogP) is 1.05. The summed E-state index contributed by atoms with van der Waals surface area (Å²) in [5.74, 6) is 0.202. The minimum absolute atomic E-state index is 0.202. The van der Waals surface area contributed by atoms with Crippen LogP contribution in [-0.2, 0) is 16.6 Å². The Morgan fingerprint density at radius 2 is 2.33 bits per heavy atom. The molecule has 0 amide bonds. The molecule has 1 saturated carbocycles. The van der Waals surface area contributed by atoms with Gasteiger partial charge < -0.3 is 5.32 Å². The average molecular weight is 289 g/mol. The van der Waals surface area contributed by atoms with Crippen LogP contribution in [0.15, 0.2) is 10.9 Å². The third-order valence-corrected chi connectivity index (χ3v) is 5.45. The van der Waals surface area contributed by atoms with Crippen molar-refractivity contribution in [2.45, 2.75) is 31.8 Å². The molecule has 0 unspecified atom stereocenters. The van der Waals surface area contributed by atoms with Crippen molar-refractivity contribution < 1.29 is 8.42 Å². The molecule has 1 N–H and O–H groups in total. The Kier molecular flexibility index (Phi) is 4.71. The first kappa shape index (κ1) is 13.9. The summed E-state index contributed by atoms with van der Waals surface area (Å²) in [7, 11) is -1.54. The molecule has 102 valence electrons. The van der Waals surface area contributed by atoms with Gasteiger partial charge in [-0.15, -0.1) is 11.3 Å². The number of hydrogen-bond donors (Lipinski definition) is 1. The van der Waals surface area contributed by atoms with Gasteiger partial charge in [-0.25, -0.2) is 13.4 Å². The molecule has 0 saturated heterocycles. The van der Waals surface area contributed by atoms with Gasteiger partial charge in [0.25, 0.3) is 0 Å². The smallest absolute Gasteiger partial charge is 0.214 e. The van der Waals surface area contributed by atoms with Crippen LogP contribution in [0.2, 0.25) is 0 Å². The number of nitrogens with zero attached hydrogens (tertiary/aromatic N) is 2. The standard InChI is InChI=1S/C11H19N3O2S2/c1-14(7-11-8-17-9-13-11)18(15,16)6-2-5-12-10-3-4-10/h8-10,12H,2-7H2,1H3. The van der Waals surface area contributed by atoms with Crippen LogP contribution < -0.4 is 5.32 Å². The van der Waals surface area contributed by atoms with Crippen molar-refractivity contribution in [3.8, 4) is 0 Å². The maximum Gasteiger partial charge on any atom is 0.214 e. The molecule has 0 atom stereocenters. The number of sulfonamides is 1.